The molecule has 0 radical (unpaired) electrons. The summed E-state index contributed by atoms with van der Waals surface area (Å²) in [4.78, 5) is 37.6. The first-order chi connectivity index (χ1) is 13.4. The highest BCUT2D eigenvalue weighted by Gasteiger charge is 2.31. The number of likely N-dealkylation sites (tertiary alicyclic amines) is 1. The maximum absolute atomic E-state index is 12.5. The summed E-state index contributed by atoms with van der Waals surface area (Å²) in [6.45, 7) is 6.31. The molecule has 8 nitrogen and oxygen atoms in total. The molecule has 1 aliphatic rings. The van der Waals surface area contributed by atoms with E-state index in [9.17, 15) is 19.5 Å². The number of amides is 3. The van der Waals surface area contributed by atoms with Gasteiger partial charge < -0.3 is 25.4 Å². The fraction of sp³-hybridized carbons (Fsp3) is 0.550. The van der Waals surface area contributed by atoms with Crippen LogP contribution in [0.4, 0.5) is 10.5 Å². The van der Waals surface area contributed by atoms with Crippen molar-refractivity contribution in [2.45, 2.75) is 26.7 Å². The van der Waals surface area contributed by atoms with Crippen LogP contribution in [-0.4, -0.2) is 60.8 Å². The van der Waals surface area contributed by atoms with E-state index >= 15 is 0 Å². The SMILES string of the molecule is CCOCCCNC(=O)c1cccc(NC(=O)N2CC(C)CC(C(=O)O)C2)c1. The average Bonchev–Trinajstić information content (AvgIpc) is 2.67. The van der Waals surface area contributed by atoms with Crippen LogP contribution in [0.3, 0.4) is 0 Å². The van der Waals surface area contributed by atoms with Crippen molar-refractivity contribution in [2.75, 3.05) is 38.2 Å². The Balaban J connectivity index is 1.91. The van der Waals surface area contributed by atoms with E-state index in [1.807, 2.05) is 13.8 Å². The number of benzene rings is 1. The Hall–Kier alpha value is -2.61. The number of carboxylic acid groups (broad SMARTS) is 1. The highest BCUT2D eigenvalue weighted by atomic mass is 16.5. The van der Waals surface area contributed by atoms with Gasteiger partial charge in [0.05, 0.1) is 5.92 Å². The van der Waals surface area contributed by atoms with Crippen molar-refractivity contribution < 1.29 is 24.2 Å². The zero-order chi connectivity index (χ0) is 20.5. The topological polar surface area (TPSA) is 108 Å². The molecule has 1 aromatic rings. The lowest BCUT2D eigenvalue weighted by Crippen LogP contribution is -2.47. The number of piperidine rings is 1. The number of carboxylic acids is 1. The molecule has 2 atom stereocenters. The quantitative estimate of drug-likeness (QED) is 0.590. The molecule has 1 heterocycles. The lowest BCUT2D eigenvalue weighted by Gasteiger charge is -2.34. The fourth-order valence-corrected chi connectivity index (χ4v) is 3.26. The zero-order valence-electron chi connectivity index (χ0n) is 16.4. The summed E-state index contributed by atoms with van der Waals surface area (Å²) < 4.78 is 5.23. The van der Waals surface area contributed by atoms with E-state index in [2.05, 4.69) is 10.6 Å². The molecule has 0 aromatic heterocycles. The number of anilines is 1. The number of nitrogens with zero attached hydrogens (tertiary/aromatic N) is 1. The van der Waals surface area contributed by atoms with Gasteiger partial charge in [0, 0.05) is 44.1 Å². The largest absolute Gasteiger partial charge is 0.481 e. The van der Waals surface area contributed by atoms with Crippen LogP contribution in [0.1, 0.15) is 37.0 Å². The van der Waals surface area contributed by atoms with Gasteiger partial charge in [0.1, 0.15) is 0 Å². The van der Waals surface area contributed by atoms with Gasteiger partial charge in [-0.25, -0.2) is 4.79 Å². The fourth-order valence-electron chi connectivity index (χ4n) is 3.26. The van der Waals surface area contributed by atoms with E-state index in [1.165, 1.54) is 4.90 Å². The van der Waals surface area contributed by atoms with Crippen molar-refractivity contribution in [3.05, 3.63) is 29.8 Å². The molecule has 1 fully saturated rings. The van der Waals surface area contributed by atoms with E-state index in [4.69, 9.17) is 4.74 Å². The molecular weight excluding hydrogens is 362 g/mol. The van der Waals surface area contributed by atoms with Gasteiger partial charge in [-0.2, -0.15) is 0 Å². The summed E-state index contributed by atoms with van der Waals surface area (Å²) in [6.07, 6.45) is 1.30. The predicted molar refractivity (Wildman–Crippen MR) is 105 cm³/mol. The molecule has 3 amide bonds. The van der Waals surface area contributed by atoms with Crippen LogP contribution in [0.2, 0.25) is 0 Å². The second kappa shape index (κ2) is 10.7. The Morgan fingerprint density at radius 3 is 2.79 bits per heavy atom. The third-order valence-electron chi connectivity index (χ3n) is 4.63. The average molecular weight is 391 g/mol. The lowest BCUT2D eigenvalue weighted by molar-refractivity contribution is -0.143. The van der Waals surface area contributed by atoms with Crippen molar-refractivity contribution >= 4 is 23.6 Å². The van der Waals surface area contributed by atoms with Crippen molar-refractivity contribution in [3.8, 4) is 0 Å². The Bertz CT molecular complexity index is 694. The van der Waals surface area contributed by atoms with Gasteiger partial charge in [-0.1, -0.05) is 13.0 Å². The van der Waals surface area contributed by atoms with Crippen LogP contribution < -0.4 is 10.6 Å². The molecular formula is C20H29N3O5. The molecule has 0 aliphatic carbocycles. The number of ether oxygens (including phenoxy) is 1. The molecule has 8 heteroatoms. The van der Waals surface area contributed by atoms with Crippen LogP contribution in [0, 0.1) is 11.8 Å². The molecule has 2 unspecified atom stereocenters. The van der Waals surface area contributed by atoms with Crippen LogP contribution in [-0.2, 0) is 9.53 Å². The number of urea groups is 1. The normalized spacial score (nSPS) is 19.1. The number of aliphatic carboxylic acids is 1. The summed E-state index contributed by atoms with van der Waals surface area (Å²) in [5.41, 5.74) is 0.946. The molecule has 0 bridgehead atoms. The smallest absolute Gasteiger partial charge is 0.321 e. The molecule has 154 valence electrons. The number of hydrogen-bond acceptors (Lipinski definition) is 4. The van der Waals surface area contributed by atoms with Crippen LogP contribution in [0.25, 0.3) is 0 Å². The third kappa shape index (κ3) is 6.53. The predicted octanol–water partition coefficient (Wildman–Crippen LogP) is 2.42. The van der Waals surface area contributed by atoms with E-state index in [0.29, 0.717) is 44.0 Å². The summed E-state index contributed by atoms with van der Waals surface area (Å²) in [5, 5.41) is 14.8. The number of carbonyl (C=O) groups is 3. The van der Waals surface area contributed by atoms with E-state index in [0.717, 1.165) is 6.42 Å². The summed E-state index contributed by atoms with van der Waals surface area (Å²) >= 11 is 0. The molecule has 0 saturated carbocycles. The Morgan fingerprint density at radius 2 is 2.07 bits per heavy atom. The zero-order valence-corrected chi connectivity index (χ0v) is 16.4. The standard InChI is InChI=1S/C20H29N3O5/c1-3-28-9-5-8-21-18(24)15-6-4-7-17(11-15)22-20(27)23-12-14(2)10-16(13-23)19(25)26/h4,6-7,11,14,16H,3,5,8-10,12-13H2,1-2H3,(H,21,24)(H,22,27)(H,25,26). The minimum atomic E-state index is -0.882. The minimum absolute atomic E-state index is 0.120. The third-order valence-corrected chi connectivity index (χ3v) is 4.63. The number of carbonyl (C=O) groups excluding carboxylic acids is 2. The molecule has 3 N–H and O–H groups in total. The first-order valence-corrected chi connectivity index (χ1v) is 9.65. The van der Waals surface area contributed by atoms with Crippen molar-refractivity contribution in [2.24, 2.45) is 11.8 Å². The van der Waals surface area contributed by atoms with Crippen molar-refractivity contribution in [3.63, 3.8) is 0 Å². The molecule has 1 aromatic carbocycles. The highest BCUT2D eigenvalue weighted by Crippen LogP contribution is 2.22. The van der Waals surface area contributed by atoms with Crippen LogP contribution in [0.5, 0.6) is 0 Å². The van der Waals surface area contributed by atoms with E-state index < -0.39 is 11.9 Å². The van der Waals surface area contributed by atoms with Crippen LogP contribution >= 0.6 is 0 Å². The van der Waals surface area contributed by atoms with Gasteiger partial charge in [-0.05, 0) is 43.9 Å². The molecule has 0 spiro atoms. The molecule has 28 heavy (non-hydrogen) atoms. The van der Waals surface area contributed by atoms with Crippen molar-refractivity contribution in [1.82, 2.24) is 10.2 Å². The molecule has 1 saturated heterocycles. The van der Waals surface area contributed by atoms with Gasteiger partial charge in [0.25, 0.3) is 5.91 Å². The maximum atomic E-state index is 12.5. The Morgan fingerprint density at radius 1 is 1.29 bits per heavy atom. The van der Waals surface area contributed by atoms with Gasteiger partial charge in [0.15, 0.2) is 0 Å². The summed E-state index contributed by atoms with van der Waals surface area (Å²) in [6, 6.07) is 6.33. The first kappa shape index (κ1) is 21.7. The number of rotatable bonds is 8. The number of hydrogen-bond donors (Lipinski definition) is 3. The Labute approximate surface area is 165 Å². The Kier molecular flexibility index (Phi) is 8.25. The summed E-state index contributed by atoms with van der Waals surface area (Å²) in [7, 11) is 0. The summed E-state index contributed by atoms with van der Waals surface area (Å²) in [5.74, 6) is -1.53. The van der Waals surface area contributed by atoms with Gasteiger partial charge in [-0.3, -0.25) is 9.59 Å². The van der Waals surface area contributed by atoms with E-state index in [1.54, 1.807) is 24.3 Å². The number of nitrogens with one attached hydrogen (secondary N) is 2. The first-order valence-electron chi connectivity index (χ1n) is 9.65. The second-order valence-electron chi connectivity index (χ2n) is 7.10. The minimum Gasteiger partial charge on any atom is -0.481 e. The lowest BCUT2D eigenvalue weighted by atomic mass is 9.91. The van der Waals surface area contributed by atoms with Gasteiger partial charge in [-0.15, -0.1) is 0 Å². The highest BCUT2D eigenvalue weighted by molar-refractivity contribution is 5.97. The maximum Gasteiger partial charge on any atom is 0.321 e. The van der Waals surface area contributed by atoms with Gasteiger partial charge >= 0.3 is 12.0 Å². The second-order valence-corrected chi connectivity index (χ2v) is 7.10. The molecule has 1 aliphatic heterocycles. The van der Waals surface area contributed by atoms with Crippen LogP contribution in [0.15, 0.2) is 24.3 Å². The van der Waals surface area contributed by atoms with Gasteiger partial charge in [0.2, 0.25) is 0 Å². The van der Waals surface area contributed by atoms with E-state index in [-0.39, 0.29) is 24.4 Å². The monoisotopic (exact) mass is 391 g/mol. The molecule has 2 rings (SSSR count). The van der Waals surface area contributed by atoms with Crippen molar-refractivity contribution in [1.29, 1.82) is 0 Å².